The highest BCUT2D eigenvalue weighted by Crippen LogP contribution is 2.28. The van der Waals surface area contributed by atoms with Gasteiger partial charge in [-0.1, -0.05) is 12.8 Å². The van der Waals surface area contributed by atoms with Crippen LogP contribution in [-0.2, 0) is 9.59 Å². The maximum Gasteiger partial charge on any atom is 0.240 e. The van der Waals surface area contributed by atoms with Gasteiger partial charge in [-0.25, -0.2) is 0 Å². The molecule has 1 aliphatic carbocycles. The van der Waals surface area contributed by atoms with Crippen molar-refractivity contribution in [1.82, 2.24) is 10.2 Å². The summed E-state index contributed by atoms with van der Waals surface area (Å²) in [5, 5.41) is 11.3. The van der Waals surface area contributed by atoms with E-state index in [-0.39, 0.29) is 36.9 Å². The van der Waals surface area contributed by atoms with Crippen LogP contribution in [0.25, 0.3) is 0 Å². The molecule has 1 saturated heterocycles. The van der Waals surface area contributed by atoms with Crippen LogP contribution >= 0.6 is 0 Å². The summed E-state index contributed by atoms with van der Waals surface area (Å²) in [4.78, 5) is 24.4. The molecule has 2 atom stereocenters. The molecule has 2 aliphatic rings. The third-order valence-corrected chi connectivity index (χ3v) is 3.34. The molecule has 0 aromatic rings. The SMILES string of the molecule is N#CC1CCCCC1N1CC(=O)NC(=O)C1. The maximum absolute atomic E-state index is 11.3. The van der Waals surface area contributed by atoms with Crippen LogP contribution in [0.5, 0.6) is 0 Å². The minimum absolute atomic E-state index is 0.0348. The molecule has 2 rings (SSSR count). The number of nitriles is 1. The molecule has 2 unspecified atom stereocenters. The third-order valence-electron chi connectivity index (χ3n) is 3.34. The average molecular weight is 221 g/mol. The number of piperazine rings is 1. The summed E-state index contributed by atoms with van der Waals surface area (Å²) >= 11 is 0. The fraction of sp³-hybridized carbons (Fsp3) is 0.727. The van der Waals surface area contributed by atoms with Crippen LogP contribution < -0.4 is 5.32 Å². The molecule has 0 bridgehead atoms. The number of rotatable bonds is 1. The highest BCUT2D eigenvalue weighted by atomic mass is 16.2. The van der Waals surface area contributed by atoms with Gasteiger partial charge in [0.25, 0.3) is 0 Å². The molecule has 2 amide bonds. The Morgan fingerprint density at radius 1 is 1.19 bits per heavy atom. The van der Waals surface area contributed by atoms with E-state index in [0.717, 1.165) is 25.7 Å². The first-order valence-electron chi connectivity index (χ1n) is 5.67. The van der Waals surface area contributed by atoms with E-state index in [9.17, 15) is 9.59 Å². The molecule has 5 heteroatoms. The standard InChI is InChI=1S/C11H15N3O2/c12-5-8-3-1-2-4-9(8)14-6-10(15)13-11(16)7-14/h8-9H,1-4,6-7H2,(H,13,15,16). The molecule has 1 aliphatic heterocycles. The van der Waals surface area contributed by atoms with Crippen LogP contribution in [0.15, 0.2) is 0 Å². The fourth-order valence-corrected chi connectivity index (χ4v) is 2.59. The molecular formula is C11H15N3O2. The third kappa shape index (κ3) is 2.22. The summed E-state index contributed by atoms with van der Waals surface area (Å²) in [6, 6.07) is 2.37. The number of nitrogens with one attached hydrogen (secondary N) is 1. The molecule has 5 nitrogen and oxygen atoms in total. The van der Waals surface area contributed by atoms with Gasteiger partial charge < -0.3 is 0 Å². The van der Waals surface area contributed by atoms with Crippen molar-refractivity contribution in [2.75, 3.05) is 13.1 Å². The van der Waals surface area contributed by atoms with Crippen molar-refractivity contribution in [3.63, 3.8) is 0 Å². The predicted octanol–water partition coefficient (Wildman–Crippen LogP) is 0.0272. The predicted molar refractivity (Wildman–Crippen MR) is 56.1 cm³/mol. The number of hydrogen-bond donors (Lipinski definition) is 1. The van der Waals surface area contributed by atoms with Gasteiger partial charge in [-0.3, -0.25) is 19.8 Å². The van der Waals surface area contributed by atoms with E-state index in [1.165, 1.54) is 0 Å². The number of carbonyl (C=O) groups is 2. The zero-order valence-corrected chi connectivity index (χ0v) is 9.11. The summed E-state index contributed by atoms with van der Waals surface area (Å²) in [7, 11) is 0. The van der Waals surface area contributed by atoms with E-state index >= 15 is 0 Å². The number of amides is 2. The van der Waals surface area contributed by atoms with E-state index < -0.39 is 0 Å². The molecule has 16 heavy (non-hydrogen) atoms. The van der Waals surface area contributed by atoms with E-state index in [1.54, 1.807) is 0 Å². The Morgan fingerprint density at radius 3 is 2.44 bits per heavy atom. The van der Waals surface area contributed by atoms with Gasteiger partial charge in [-0.15, -0.1) is 0 Å². The smallest absolute Gasteiger partial charge is 0.240 e. The first-order chi connectivity index (χ1) is 7.70. The number of nitrogens with zero attached hydrogens (tertiary/aromatic N) is 2. The molecular weight excluding hydrogens is 206 g/mol. The zero-order valence-electron chi connectivity index (χ0n) is 9.11. The molecule has 0 aromatic heterocycles. The normalized spacial score (nSPS) is 31.9. The van der Waals surface area contributed by atoms with Crippen LogP contribution in [0, 0.1) is 17.2 Å². The van der Waals surface area contributed by atoms with Crippen LogP contribution in [0.3, 0.4) is 0 Å². The molecule has 86 valence electrons. The van der Waals surface area contributed by atoms with E-state index in [1.807, 2.05) is 4.90 Å². The fourth-order valence-electron chi connectivity index (χ4n) is 2.59. The maximum atomic E-state index is 11.3. The second kappa shape index (κ2) is 4.62. The topological polar surface area (TPSA) is 73.2 Å². The van der Waals surface area contributed by atoms with Gasteiger partial charge in [0.15, 0.2) is 0 Å². The van der Waals surface area contributed by atoms with Crippen LogP contribution in [-0.4, -0.2) is 35.8 Å². The molecule has 1 heterocycles. The first kappa shape index (κ1) is 11.1. The molecule has 0 spiro atoms. The molecule has 1 saturated carbocycles. The minimum atomic E-state index is -0.251. The summed E-state index contributed by atoms with van der Waals surface area (Å²) in [6.07, 6.45) is 3.95. The lowest BCUT2D eigenvalue weighted by molar-refractivity contribution is -0.137. The largest absolute Gasteiger partial charge is 0.294 e. The van der Waals surface area contributed by atoms with Crippen molar-refractivity contribution < 1.29 is 9.59 Å². The van der Waals surface area contributed by atoms with Gasteiger partial charge in [0.1, 0.15) is 0 Å². The summed E-state index contributed by atoms with van der Waals surface area (Å²) in [5.41, 5.74) is 0. The lowest BCUT2D eigenvalue weighted by Crippen LogP contribution is -2.56. The number of imide groups is 1. The van der Waals surface area contributed by atoms with Gasteiger partial charge >= 0.3 is 0 Å². The minimum Gasteiger partial charge on any atom is -0.294 e. The average Bonchev–Trinajstić information content (AvgIpc) is 2.27. The van der Waals surface area contributed by atoms with Gasteiger partial charge in [0.2, 0.25) is 11.8 Å². The summed E-state index contributed by atoms with van der Waals surface area (Å²) < 4.78 is 0. The van der Waals surface area contributed by atoms with Crippen LogP contribution in [0.4, 0.5) is 0 Å². The summed E-state index contributed by atoms with van der Waals surface area (Å²) in [6.45, 7) is 0.489. The monoisotopic (exact) mass is 221 g/mol. The molecule has 0 radical (unpaired) electrons. The van der Waals surface area contributed by atoms with Crippen molar-refractivity contribution in [3.8, 4) is 6.07 Å². The van der Waals surface area contributed by atoms with Gasteiger partial charge in [-0.2, -0.15) is 5.26 Å². The van der Waals surface area contributed by atoms with Crippen LogP contribution in [0.1, 0.15) is 25.7 Å². The molecule has 0 aromatic carbocycles. The van der Waals surface area contributed by atoms with E-state index in [2.05, 4.69) is 11.4 Å². The van der Waals surface area contributed by atoms with Crippen molar-refractivity contribution in [2.45, 2.75) is 31.7 Å². The number of carbonyl (C=O) groups excluding carboxylic acids is 2. The van der Waals surface area contributed by atoms with E-state index in [4.69, 9.17) is 5.26 Å². The molecule has 1 N–H and O–H groups in total. The molecule has 2 fully saturated rings. The van der Waals surface area contributed by atoms with Gasteiger partial charge in [-0.05, 0) is 12.8 Å². The first-order valence-corrected chi connectivity index (χ1v) is 5.67. The highest BCUT2D eigenvalue weighted by Gasteiger charge is 2.34. The van der Waals surface area contributed by atoms with Crippen molar-refractivity contribution in [3.05, 3.63) is 0 Å². The quantitative estimate of drug-likeness (QED) is 0.634. The Kier molecular flexibility index (Phi) is 3.20. The second-order valence-corrected chi connectivity index (χ2v) is 4.46. The Labute approximate surface area is 94.4 Å². The Morgan fingerprint density at radius 2 is 1.81 bits per heavy atom. The Bertz CT molecular complexity index is 332. The Balaban J connectivity index is 2.07. The number of hydrogen-bond acceptors (Lipinski definition) is 4. The zero-order chi connectivity index (χ0) is 11.5. The van der Waals surface area contributed by atoms with Crippen LogP contribution in [0.2, 0.25) is 0 Å². The lowest BCUT2D eigenvalue weighted by atomic mass is 9.84. The summed E-state index contributed by atoms with van der Waals surface area (Å²) in [5.74, 6) is -0.538. The van der Waals surface area contributed by atoms with Crippen molar-refractivity contribution in [1.29, 1.82) is 5.26 Å². The van der Waals surface area contributed by atoms with Gasteiger partial charge in [0.05, 0.1) is 25.1 Å². The van der Waals surface area contributed by atoms with Gasteiger partial charge in [0, 0.05) is 6.04 Å². The van der Waals surface area contributed by atoms with Crippen molar-refractivity contribution in [2.24, 2.45) is 5.92 Å². The second-order valence-electron chi connectivity index (χ2n) is 4.46. The highest BCUT2D eigenvalue weighted by molar-refractivity contribution is 5.99. The Hall–Kier alpha value is -1.41. The van der Waals surface area contributed by atoms with Crippen molar-refractivity contribution >= 4 is 11.8 Å². The van der Waals surface area contributed by atoms with E-state index in [0.29, 0.717) is 0 Å². The lowest BCUT2D eigenvalue weighted by Gasteiger charge is -2.38.